The zero-order valence-electron chi connectivity index (χ0n) is 12.3. The number of aliphatic hydroxyl groups excluding tert-OH is 1. The lowest BCUT2D eigenvalue weighted by atomic mass is 9.93. The van der Waals surface area contributed by atoms with Crippen molar-refractivity contribution in [2.75, 3.05) is 6.54 Å². The second kappa shape index (κ2) is 5.91. The van der Waals surface area contributed by atoms with Crippen LogP contribution in [-0.4, -0.2) is 40.4 Å². The average molecular weight is 257 g/mol. The molecule has 0 aromatic carbocycles. The summed E-state index contributed by atoms with van der Waals surface area (Å²) in [5.74, 6) is 0.505. The molecule has 0 radical (unpaired) electrons. The van der Waals surface area contributed by atoms with Crippen molar-refractivity contribution in [1.29, 1.82) is 0 Å². The Labute approximate surface area is 110 Å². The Kier molecular flexibility index (Phi) is 5.02. The normalized spacial score (nSPS) is 25.4. The molecule has 2 atom stereocenters. The van der Waals surface area contributed by atoms with Crippen molar-refractivity contribution in [2.24, 2.45) is 5.92 Å². The summed E-state index contributed by atoms with van der Waals surface area (Å²) >= 11 is 0. The van der Waals surface area contributed by atoms with Gasteiger partial charge in [0.15, 0.2) is 0 Å². The van der Waals surface area contributed by atoms with E-state index in [2.05, 4.69) is 13.8 Å². The average Bonchev–Trinajstić information content (AvgIpc) is 2.13. The first-order valence-electron chi connectivity index (χ1n) is 6.86. The molecule has 1 fully saturated rings. The number of ether oxygens (including phenoxy) is 1. The van der Waals surface area contributed by atoms with Gasteiger partial charge in [0.2, 0.25) is 0 Å². The van der Waals surface area contributed by atoms with Gasteiger partial charge in [0.1, 0.15) is 5.60 Å². The first kappa shape index (κ1) is 15.3. The predicted octanol–water partition coefficient (Wildman–Crippen LogP) is 2.79. The number of nitrogens with zero attached hydrogens (tertiary/aromatic N) is 1. The van der Waals surface area contributed by atoms with E-state index in [-0.39, 0.29) is 18.2 Å². The van der Waals surface area contributed by atoms with Crippen LogP contribution in [0.3, 0.4) is 0 Å². The minimum absolute atomic E-state index is 0.101. The van der Waals surface area contributed by atoms with Crippen LogP contribution in [0.2, 0.25) is 0 Å². The maximum atomic E-state index is 12.1. The fraction of sp³-hybridized carbons (Fsp3) is 0.929. The molecular weight excluding hydrogens is 230 g/mol. The van der Waals surface area contributed by atoms with Crippen molar-refractivity contribution in [3.05, 3.63) is 0 Å². The molecule has 0 saturated carbocycles. The van der Waals surface area contributed by atoms with Gasteiger partial charge in [0.25, 0.3) is 0 Å². The zero-order chi connectivity index (χ0) is 13.9. The van der Waals surface area contributed by atoms with E-state index in [9.17, 15) is 9.90 Å². The third-order valence-electron chi connectivity index (χ3n) is 3.06. The van der Waals surface area contributed by atoms with E-state index in [4.69, 9.17) is 4.74 Å². The van der Waals surface area contributed by atoms with E-state index < -0.39 is 5.60 Å². The van der Waals surface area contributed by atoms with Gasteiger partial charge in [0, 0.05) is 12.6 Å². The van der Waals surface area contributed by atoms with Crippen LogP contribution in [0.15, 0.2) is 0 Å². The van der Waals surface area contributed by atoms with Gasteiger partial charge >= 0.3 is 6.09 Å². The van der Waals surface area contributed by atoms with Gasteiger partial charge in [0.05, 0.1) is 6.10 Å². The Balaban J connectivity index is 2.67. The molecule has 106 valence electrons. The number of amides is 1. The van der Waals surface area contributed by atoms with Crippen molar-refractivity contribution in [3.63, 3.8) is 0 Å². The minimum Gasteiger partial charge on any atom is -0.444 e. The van der Waals surface area contributed by atoms with Crippen molar-refractivity contribution in [1.82, 2.24) is 4.90 Å². The molecular formula is C14H27NO3. The first-order chi connectivity index (χ1) is 8.19. The molecule has 0 aromatic heterocycles. The highest BCUT2D eigenvalue weighted by Gasteiger charge is 2.33. The van der Waals surface area contributed by atoms with Crippen LogP contribution in [0.25, 0.3) is 0 Å². The molecule has 1 rings (SSSR count). The highest BCUT2D eigenvalue weighted by Crippen LogP contribution is 2.25. The van der Waals surface area contributed by atoms with Gasteiger partial charge in [-0.25, -0.2) is 4.79 Å². The second-order valence-corrected chi connectivity index (χ2v) is 6.64. The molecule has 1 heterocycles. The second-order valence-electron chi connectivity index (χ2n) is 6.64. The highest BCUT2D eigenvalue weighted by atomic mass is 16.6. The molecule has 1 N–H and O–H groups in total. The Morgan fingerprint density at radius 3 is 2.56 bits per heavy atom. The molecule has 1 aliphatic rings. The molecule has 0 spiro atoms. The smallest absolute Gasteiger partial charge is 0.410 e. The number of likely N-dealkylation sites (tertiary alicyclic amines) is 1. The molecule has 1 aliphatic heterocycles. The van der Waals surface area contributed by atoms with Gasteiger partial charge in [-0.15, -0.1) is 0 Å². The number of hydrogen-bond donors (Lipinski definition) is 1. The third-order valence-corrected chi connectivity index (χ3v) is 3.06. The minimum atomic E-state index is -0.463. The van der Waals surface area contributed by atoms with Crippen LogP contribution in [0.1, 0.15) is 53.9 Å². The third kappa shape index (κ3) is 4.84. The SMILES string of the molecule is CC(C)CC1CC(O)CCN1C(=O)OC(C)(C)C. The van der Waals surface area contributed by atoms with Gasteiger partial charge in [-0.1, -0.05) is 13.8 Å². The standard InChI is InChI=1S/C14H27NO3/c1-10(2)8-11-9-12(16)6-7-15(11)13(17)18-14(3,4)5/h10-12,16H,6-9H2,1-5H3. The lowest BCUT2D eigenvalue weighted by Gasteiger charge is -2.39. The number of carbonyl (C=O) groups is 1. The van der Waals surface area contributed by atoms with Crippen LogP contribution in [-0.2, 0) is 4.74 Å². The predicted molar refractivity (Wildman–Crippen MR) is 71.4 cm³/mol. The Morgan fingerprint density at radius 2 is 2.06 bits per heavy atom. The summed E-state index contributed by atoms with van der Waals surface area (Å²) in [6.45, 7) is 10.5. The topological polar surface area (TPSA) is 49.8 Å². The van der Waals surface area contributed by atoms with Crippen molar-refractivity contribution < 1.29 is 14.6 Å². The van der Waals surface area contributed by atoms with E-state index in [1.54, 1.807) is 4.90 Å². The van der Waals surface area contributed by atoms with Gasteiger partial charge in [-0.2, -0.15) is 0 Å². The molecule has 4 nitrogen and oxygen atoms in total. The number of aliphatic hydroxyl groups is 1. The fourth-order valence-corrected chi connectivity index (χ4v) is 2.36. The molecule has 0 aliphatic carbocycles. The van der Waals surface area contributed by atoms with Gasteiger partial charge < -0.3 is 14.7 Å². The summed E-state index contributed by atoms with van der Waals surface area (Å²) in [6.07, 6.45) is 1.69. The maximum Gasteiger partial charge on any atom is 0.410 e. The Bertz CT molecular complexity index is 281. The van der Waals surface area contributed by atoms with Crippen molar-refractivity contribution >= 4 is 6.09 Å². The summed E-state index contributed by atoms with van der Waals surface area (Å²) in [5, 5.41) is 9.75. The number of carbonyl (C=O) groups excluding carboxylic acids is 1. The van der Waals surface area contributed by atoms with E-state index in [0.29, 0.717) is 25.3 Å². The van der Waals surface area contributed by atoms with Crippen molar-refractivity contribution in [3.8, 4) is 0 Å². The summed E-state index contributed by atoms with van der Waals surface area (Å²) in [5.41, 5.74) is -0.463. The summed E-state index contributed by atoms with van der Waals surface area (Å²) in [4.78, 5) is 13.9. The van der Waals surface area contributed by atoms with E-state index in [0.717, 1.165) is 6.42 Å². The summed E-state index contributed by atoms with van der Waals surface area (Å²) < 4.78 is 5.43. The van der Waals surface area contributed by atoms with Crippen LogP contribution >= 0.6 is 0 Å². The first-order valence-corrected chi connectivity index (χ1v) is 6.86. The molecule has 2 unspecified atom stereocenters. The van der Waals surface area contributed by atoms with Crippen LogP contribution in [0.4, 0.5) is 4.79 Å². The lowest BCUT2D eigenvalue weighted by Crippen LogP contribution is -2.49. The largest absolute Gasteiger partial charge is 0.444 e. The van der Waals surface area contributed by atoms with Crippen LogP contribution in [0.5, 0.6) is 0 Å². The quantitative estimate of drug-likeness (QED) is 0.827. The van der Waals surface area contributed by atoms with Gasteiger partial charge in [-0.05, 0) is 46.0 Å². The molecule has 1 saturated heterocycles. The molecule has 0 bridgehead atoms. The van der Waals surface area contributed by atoms with Crippen LogP contribution < -0.4 is 0 Å². The zero-order valence-corrected chi connectivity index (χ0v) is 12.3. The lowest BCUT2D eigenvalue weighted by molar-refractivity contribution is -0.0112. The number of hydrogen-bond acceptors (Lipinski definition) is 3. The highest BCUT2D eigenvalue weighted by molar-refractivity contribution is 5.68. The summed E-state index contributed by atoms with van der Waals surface area (Å²) in [7, 11) is 0. The maximum absolute atomic E-state index is 12.1. The fourth-order valence-electron chi connectivity index (χ4n) is 2.36. The van der Waals surface area contributed by atoms with E-state index in [1.165, 1.54) is 0 Å². The van der Waals surface area contributed by atoms with Crippen LogP contribution in [0, 0.1) is 5.92 Å². The van der Waals surface area contributed by atoms with E-state index >= 15 is 0 Å². The molecule has 4 heteroatoms. The Hall–Kier alpha value is -0.770. The molecule has 1 amide bonds. The van der Waals surface area contributed by atoms with E-state index in [1.807, 2.05) is 20.8 Å². The molecule has 0 aromatic rings. The Morgan fingerprint density at radius 1 is 1.44 bits per heavy atom. The summed E-state index contributed by atoms with van der Waals surface area (Å²) in [6, 6.07) is 0.101. The number of rotatable bonds is 2. The van der Waals surface area contributed by atoms with Gasteiger partial charge in [-0.3, -0.25) is 0 Å². The molecule has 18 heavy (non-hydrogen) atoms. The van der Waals surface area contributed by atoms with Crippen molar-refractivity contribution in [2.45, 2.75) is 71.6 Å². The number of piperidine rings is 1. The monoisotopic (exact) mass is 257 g/mol.